The molecule has 5 rings (SSSR count). The Morgan fingerprint density at radius 1 is 0.973 bits per heavy atom. The van der Waals surface area contributed by atoms with Crippen molar-refractivity contribution in [1.82, 2.24) is 23.8 Å². The van der Waals surface area contributed by atoms with Crippen molar-refractivity contribution in [3.8, 4) is 22.1 Å². The standard InChI is InChI=1S/C25H27N5O5S2/c1-17-5-4-6-18(13-17)24-27-30-23(31)14-19(26-25(30)36-24)16-28-9-11-29(12-10-28)37(32,33)20-7-8-21(34-2)22(15-20)35-3/h4-8,13-15H,9-12,16H2,1-3H3. The van der Waals surface area contributed by atoms with Crippen LogP contribution >= 0.6 is 11.3 Å². The molecule has 0 amide bonds. The Morgan fingerprint density at radius 2 is 1.73 bits per heavy atom. The van der Waals surface area contributed by atoms with Gasteiger partial charge in [0.25, 0.3) is 5.56 Å². The van der Waals surface area contributed by atoms with Crippen molar-refractivity contribution in [2.45, 2.75) is 18.4 Å². The lowest BCUT2D eigenvalue weighted by Crippen LogP contribution is -2.48. The van der Waals surface area contributed by atoms with Gasteiger partial charge >= 0.3 is 0 Å². The maximum absolute atomic E-state index is 13.2. The van der Waals surface area contributed by atoms with Gasteiger partial charge in [-0.2, -0.15) is 13.9 Å². The largest absolute Gasteiger partial charge is 0.493 e. The van der Waals surface area contributed by atoms with Crippen LogP contribution in [0.2, 0.25) is 0 Å². The molecule has 1 aliphatic heterocycles. The number of aryl methyl sites for hydroxylation is 1. The molecule has 0 unspecified atom stereocenters. The maximum Gasteiger partial charge on any atom is 0.275 e. The lowest BCUT2D eigenvalue weighted by Gasteiger charge is -2.33. The highest BCUT2D eigenvalue weighted by Gasteiger charge is 2.29. The topological polar surface area (TPSA) is 106 Å². The summed E-state index contributed by atoms with van der Waals surface area (Å²) in [4.78, 5) is 20.2. The summed E-state index contributed by atoms with van der Waals surface area (Å²) >= 11 is 1.37. The molecule has 0 N–H and O–H groups in total. The molecule has 2 aromatic carbocycles. The summed E-state index contributed by atoms with van der Waals surface area (Å²) in [5, 5.41) is 5.19. The molecular formula is C25H27N5O5S2. The third kappa shape index (κ3) is 5.10. The lowest BCUT2D eigenvalue weighted by molar-refractivity contribution is 0.180. The Morgan fingerprint density at radius 3 is 2.43 bits per heavy atom. The quantitative estimate of drug-likeness (QED) is 0.352. The molecular weight excluding hydrogens is 514 g/mol. The van der Waals surface area contributed by atoms with E-state index in [4.69, 9.17) is 9.47 Å². The Labute approximate surface area is 218 Å². The number of fused-ring (bicyclic) bond motifs is 1. The first-order chi connectivity index (χ1) is 17.8. The van der Waals surface area contributed by atoms with E-state index in [9.17, 15) is 13.2 Å². The van der Waals surface area contributed by atoms with E-state index in [0.717, 1.165) is 16.1 Å². The number of methoxy groups -OCH3 is 2. The number of rotatable bonds is 7. The normalized spacial score (nSPS) is 15.2. The minimum atomic E-state index is -3.68. The molecule has 4 aromatic rings. The third-order valence-electron chi connectivity index (χ3n) is 6.27. The number of hydrogen-bond acceptors (Lipinski definition) is 9. The van der Waals surface area contributed by atoms with Crippen LogP contribution in [0.4, 0.5) is 0 Å². The van der Waals surface area contributed by atoms with E-state index in [1.807, 2.05) is 31.2 Å². The Bertz CT molecular complexity index is 1610. The van der Waals surface area contributed by atoms with E-state index in [-0.39, 0.29) is 10.5 Å². The number of sulfonamides is 1. The first-order valence-corrected chi connectivity index (χ1v) is 14.0. The van der Waals surface area contributed by atoms with E-state index < -0.39 is 10.0 Å². The minimum Gasteiger partial charge on any atom is -0.493 e. The van der Waals surface area contributed by atoms with Crippen molar-refractivity contribution in [1.29, 1.82) is 0 Å². The van der Waals surface area contributed by atoms with Crippen LogP contribution in [-0.2, 0) is 16.6 Å². The molecule has 0 spiro atoms. The molecule has 0 radical (unpaired) electrons. The van der Waals surface area contributed by atoms with Crippen molar-refractivity contribution in [3.05, 3.63) is 70.1 Å². The van der Waals surface area contributed by atoms with Crippen LogP contribution in [0.15, 0.2) is 58.2 Å². The fourth-order valence-electron chi connectivity index (χ4n) is 4.32. The maximum atomic E-state index is 13.2. The number of ether oxygens (including phenoxy) is 2. The first-order valence-electron chi connectivity index (χ1n) is 11.7. The van der Waals surface area contributed by atoms with E-state index in [1.54, 1.807) is 6.07 Å². The van der Waals surface area contributed by atoms with E-state index >= 15 is 0 Å². The van der Waals surface area contributed by atoms with Crippen molar-refractivity contribution >= 4 is 26.3 Å². The zero-order valence-electron chi connectivity index (χ0n) is 20.7. The van der Waals surface area contributed by atoms with Crippen LogP contribution in [0.5, 0.6) is 11.5 Å². The molecule has 1 saturated heterocycles. The molecule has 0 saturated carbocycles. The number of hydrogen-bond donors (Lipinski definition) is 0. The monoisotopic (exact) mass is 541 g/mol. The van der Waals surface area contributed by atoms with Gasteiger partial charge in [-0.3, -0.25) is 9.69 Å². The summed E-state index contributed by atoms with van der Waals surface area (Å²) in [6.45, 7) is 4.16. The van der Waals surface area contributed by atoms with Gasteiger partial charge in [-0.05, 0) is 25.1 Å². The van der Waals surface area contributed by atoms with Gasteiger partial charge < -0.3 is 9.47 Å². The molecule has 1 aliphatic rings. The van der Waals surface area contributed by atoms with Crippen molar-refractivity contribution in [2.75, 3.05) is 40.4 Å². The number of piperazine rings is 1. The molecule has 0 bridgehead atoms. The minimum absolute atomic E-state index is 0.161. The first kappa shape index (κ1) is 25.3. The summed E-state index contributed by atoms with van der Waals surface area (Å²) in [5.41, 5.74) is 2.47. The van der Waals surface area contributed by atoms with Crippen LogP contribution in [0.3, 0.4) is 0 Å². The number of nitrogens with zero attached hydrogens (tertiary/aromatic N) is 5. The fraction of sp³-hybridized carbons (Fsp3) is 0.320. The third-order valence-corrected chi connectivity index (χ3v) is 9.12. The van der Waals surface area contributed by atoms with Crippen molar-refractivity contribution in [3.63, 3.8) is 0 Å². The highest BCUT2D eigenvalue weighted by Crippen LogP contribution is 2.31. The van der Waals surface area contributed by atoms with E-state index in [2.05, 4.69) is 15.0 Å². The summed E-state index contributed by atoms with van der Waals surface area (Å²) < 4.78 is 39.7. The highest BCUT2D eigenvalue weighted by atomic mass is 32.2. The van der Waals surface area contributed by atoms with Gasteiger partial charge in [0.05, 0.1) is 24.8 Å². The zero-order chi connectivity index (χ0) is 26.2. The Balaban J connectivity index is 1.29. The highest BCUT2D eigenvalue weighted by molar-refractivity contribution is 7.89. The van der Waals surface area contributed by atoms with Crippen molar-refractivity contribution in [2.24, 2.45) is 0 Å². The zero-order valence-corrected chi connectivity index (χ0v) is 22.4. The van der Waals surface area contributed by atoms with Gasteiger partial charge in [0, 0.05) is 50.4 Å². The molecule has 37 heavy (non-hydrogen) atoms. The smallest absolute Gasteiger partial charge is 0.275 e. The van der Waals surface area contributed by atoms with Crippen LogP contribution in [0, 0.1) is 6.92 Å². The Hall–Kier alpha value is -3.32. The molecule has 10 nitrogen and oxygen atoms in total. The summed E-state index contributed by atoms with van der Waals surface area (Å²) in [7, 11) is -0.706. The summed E-state index contributed by atoms with van der Waals surface area (Å²) in [5.74, 6) is 0.835. The van der Waals surface area contributed by atoms with Crippen LogP contribution in [0.1, 0.15) is 11.3 Å². The number of aromatic nitrogens is 3. The van der Waals surface area contributed by atoms with Gasteiger partial charge in [-0.1, -0.05) is 35.1 Å². The number of benzene rings is 2. The molecule has 1 fully saturated rings. The Kier molecular flexibility index (Phi) is 6.99. The van der Waals surface area contributed by atoms with Crippen LogP contribution in [0.25, 0.3) is 15.5 Å². The second-order valence-electron chi connectivity index (χ2n) is 8.75. The lowest BCUT2D eigenvalue weighted by atomic mass is 10.1. The molecule has 3 heterocycles. The summed E-state index contributed by atoms with van der Waals surface area (Å²) in [6, 6.07) is 14.1. The average Bonchev–Trinajstić information content (AvgIpc) is 3.33. The summed E-state index contributed by atoms with van der Waals surface area (Å²) in [6.07, 6.45) is 0. The molecule has 2 aromatic heterocycles. The predicted molar refractivity (Wildman–Crippen MR) is 141 cm³/mol. The van der Waals surface area contributed by atoms with E-state index in [0.29, 0.717) is 54.9 Å². The van der Waals surface area contributed by atoms with Gasteiger partial charge in [0.1, 0.15) is 5.01 Å². The van der Waals surface area contributed by atoms with Crippen LogP contribution in [-0.4, -0.2) is 72.6 Å². The molecule has 194 valence electrons. The predicted octanol–water partition coefficient (Wildman–Crippen LogP) is 2.65. The SMILES string of the molecule is COc1ccc(S(=O)(=O)N2CCN(Cc3cc(=O)n4nc(-c5cccc(C)c5)sc4n3)CC2)cc1OC. The molecule has 0 aliphatic carbocycles. The molecule has 12 heteroatoms. The fourth-order valence-corrected chi connectivity index (χ4v) is 6.67. The van der Waals surface area contributed by atoms with Crippen LogP contribution < -0.4 is 15.0 Å². The second kappa shape index (κ2) is 10.2. The van der Waals surface area contributed by atoms with Crippen molar-refractivity contribution < 1.29 is 17.9 Å². The van der Waals surface area contributed by atoms with E-state index in [1.165, 1.54) is 52.6 Å². The van der Waals surface area contributed by atoms with Gasteiger partial charge in [-0.15, -0.1) is 0 Å². The van der Waals surface area contributed by atoms with Gasteiger partial charge in [0.2, 0.25) is 15.0 Å². The average molecular weight is 542 g/mol. The molecule has 0 atom stereocenters. The van der Waals surface area contributed by atoms with Gasteiger partial charge in [0.15, 0.2) is 11.5 Å². The van der Waals surface area contributed by atoms with Gasteiger partial charge in [-0.25, -0.2) is 13.4 Å². The second-order valence-corrected chi connectivity index (χ2v) is 11.6.